The predicted octanol–water partition coefficient (Wildman–Crippen LogP) is 2.43. The quantitative estimate of drug-likeness (QED) is 0.645. The van der Waals surface area contributed by atoms with Crippen molar-refractivity contribution in [2.75, 3.05) is 20.2 Å². The van der Waals surface area contributed by atoms with Crippen LogP contribution in [0.4, 0.5) is 0 Å². The largest absolute Gasteiger partial charge is 0.496 e. The molecule has 1 fully saturated rings. The van der Waals surface area contributed by atoms with E-state index < -0.39 is 0 Å². The maximum atomic E-state index is 12.5. The van der Waals surface area contributed by atoms with E-state index in [9.17, 15) is 4.79 Å². The van der Waals surface area contributed by atoms with E-state index in [-0.39, 0.29) is 5.91 Å². The van der Waals surface area contributed by atoms with Crippen molar-refractivity contribution in [3.63, 3.8) is 0 Å². The first-order chi connectivity index (χ1) is 12.7. The van der Waals surface area contributed by atoms with E-state index in [1.165, 1.54) is 0 Å². The molecule has 4 rings (SSSR count). The minimum absolute atomic E-state index is 0.128. The second-order valence-corrected chi connectivity index (χ2v) is 7.29. The van der Waals surface area contributed by atoms with Gasteiger partial charge >= 0.3 is 0 Å². The molecule has 0 saturated carbocycles. The molecule has 6 nitrogen and oxygen atoms in total. The number of benzene rings is 2. The molecule has 3 aromatic rings. The molecule has 0 atom stereocenters. The summed E-state index contributed by atoms with van der Waals surface area (Å²) in [7, 11) is 1.64. The molecule has 1 aliphatic heterocycles. The summed E-state index contributed by atoms with van der Waals surface area (Å²) in [6, 6.07) is 13.6. The van der Waals surface area contributed by atoms with Crippen molar-refractivity contribution in [1.29, 1.82) is 0 Å². The molecule has 1 aliphatic rings. The van der Waals surface area contributed by atoms with Crippen LogP contribution in [-0.2, 0) is 6.54 Å². The number of fused-ring (bicyclic) bond motifs is 1. The van der Waals surface area contributed by atoms with Crippen LogP contribution in [0.1, 0.15) is 26.8 Å². The fourth-order valence-corrected chi connectivity index (χ4v) is 4.03. The standard InChI is InChI=1S/C19H20N4O2S/c1-25-16-8-12(6-7-14(16)13-9-21-22-10-13)19(24)20-11-18-23-15-4-2-3-5-17(15)26-18/h2-8,13,21-22H,9-11H2,1H3,(H,20,24). The van der Waals surface area contributed by atoms with E-state index in [2.05, 4.69) is 21.2 Å². The number of carbonyl (C=O) groups is 1. The van der Waals surface area contributed by atoms with Crippen LogP contribution in [0.25, 0.3) is 10.2 Å². The summed E-state index contributed by atoms with van der Waals surface area (Å²) >= 11 is 1.60. The average molecular weight is 368 g/mol. The van der Waals surface area contributed by atoms with Crippen molar-refractivity contribution < 1.29 is 9.53 Å². The minimum Gasteiger partial charge on any atom is -0.496 e. The number of amides is 1. The van der Waals surface area contributed by atoms with Gasteiger partial charge in [0.25, 0.3) is 5.91 Å². The first kappa shape index (κ1) is 17.0. The molecule has 0 spiro atoms. The Hall–Kier alpha value is -2.48. The Labute approximate surface area is 155 Å². The lowest BCUT2D eigenvalue weighted by Gasteiger charge is -2.14. The smallest absolute Gasteiger partial charge is 0.251 e. The lowest BCUT2D eigenvalue weighted by molar-refractivity contribution is 0.0950. The summed E-state index contributed by atoms with van der Waals surface area (Å²) in [6.45, 7) is 2.11. The van der Waals surface area contributed by atoms with Gasteiger partial charge in [0, 0.05) is 24.6 Å². The number of hydrazine groups is 1. The van der Waals surface area contributed by atoms with Crippen molar-refractivity contribution in [1.82, 2.24) is 21.2 Å². The van der Waals surface area contributed by atoms with Crippen LogP contribution >= 0.6 is 11.3 Å². The highest BCUT2D eigenvalue weighted by atomic mass is 32.1. The molecule has 0 radical (unpaired) electrons. The molecule has 1 saturated heterocycles. The Kier molecular flexibility index (Phi) is 4.83. The van der Waals surface area contributed by atoms with E-state index in [1.807, 2.05) is 36.4 Å². The first-order valence-corrected chi connectivity index (χ1v) is 9.32. The molecule has 1 aromatic heterocycles. The maximum absolute atomic E-state index is 12.5. The number of methoxy groups -OCH3 is 1. The summed E-state index contributed by atoms with van der Waals surface area (Å²) in [5.41, 5.74) is 8.89. The molecule has 2 aromatic carbocycles. The van der Waals surface area contributed by atoms with Gasteiger partial charge in [-0.3, -0.25) is 15.6 Å². The van der Waals surface area contributed by atoms with Crippen molar-refractivity contribution in [3.8, 4) is 5.75 Å². The Balaban J connectivity index is 1.47. The van der Waals surface area contributed by atoms with E-state index >= 15 is 0 Å². The number of carbonyl (C=O) groups excluding carboxylic acids is 1. The van der Waals surface area contributed by atoms with Crippen LogP contribution in [0.15, 0.2) is 42.5 Å². The molecule has 0 unspecified atom stereocenters. The van der Waals surface area contributed by atoms with Crippen molar-refractivity contribution in [2.24, 2.45) is 0 Å². The topological polar surface area (TPSA) is 75.3 Å². The van der Waals surface area contributed by atoms with Crippen molar-refractivity contribution >= 4 is 27.5 Å². The van der Waals surface area contributed by atoms with Crippen LogP contribution in [0, 0.1) is 0 Å². The molecule has 134 valence electrons. The van der Waals surface area contributed by atoms with Gasteiger partial charge < -0.3 is 10.1 Å². The van der Waals surface area contributed by atoms with Crippen LogP contribution < -0.4 is 20.9 Å². The third-order valence-electron chi connectivity index (χ3n) is 4.50. The van der Waals surface area contributed by atoms with Crippen molar-refractivity contribution in [3.05, 3.63) is 58.6 Å². The zero-order chi connectivity index (χ0) is 17.9. The molecule has 1 amide bonds. The third kappa shape index (κ3) is 3.41. The molecular formula is C19H20N4O2S. The number of ether oxygens (including phenoxy) is 1. The Morgan fingerprint density at radius 1 is 1.27 bits per heavy atom. The summed E-state index contributed by atoms with van der Waals surface area (Å²) in [6.07, 6.45) is 0. The number of nitrogens with zero attached hydrogens (tertiary/aromatic N) is 1. The molecular weight excluding hydrogens is 348 g/mol. The SMILES string of the molecule is COc1cc(C(=O)NCc2nc3ccccc3s2)ccc1C1CNNC1. The van der Waals surface area contributed by atoms with Gasteiger partial charge in [-0.25, -0.2) is 4.98 Å². The predicted molar refractivity (Wildman–Crippen MR) is 103 cm³/mol. The third-order valence-corrected chi connectivity index (χ3v) is 5.53. The summed E-state index contributed by atoms with van der Waals surface area (Å²) < 4.78 is 6.63. The highest BCUT2D eigenvalue weighted by Gasteiger charge is 2.21. The first-order valence-electron chi connectivity index (χ1n) is 8.51. The van der Waals surface area contributed by atoms with Gasteiger partial charge in [-0.1, -0.05) is 18.2 Å². The molecule has 26 heavy (non-hydrogen) atoms. The van der Waals surface area contributed by atoms with Gasteiger partial charge in [-0.2, -0.15) is 0 Å². The second kappa shape index (κ2) is 7.41. The maximum Gasteiger partial charge on any atom is 0.251 e. The number of aromatic nitrogens is 1. The Morgan fingerprint density at radius 3 is 2.85 bits per heavy atom. The normalized spacial score (nSPS) is 14.7. The number of rotatable bonds is 5. The van der Waals surface area contributed by atoms with Gasteiger partial charge in [-0.15, -0.1) is 11.3 Å². The van der Waals surface area contributed by atoms with Gasteiger partial charge in [0.05, 0.1) is 23.9 Å². The van der Waals surface area contributed by atoms with E-state index in [1.54, 1.807) is 24.5 Å². The van der Waals surface area contributed by atoms with Gasteiger partial charge in [0.15, 0.2) is 0 Å². The number of thiazole rings is 1. The lowest BCUT2D eigenvalue weighted by Crippen LogP contribution is -2.23. The Bertz CT molecular complexity index is 901. The van der Waals surface area contributed by atoms with Crippen molar-refractivity contribution in [2.45, 2.75) is 12.5 Å². The van der Waals surface area contributed by atoms with Crippen LogP contribution in [-0.4, -0.2) is 31.1 Å². The number of hydrogen-bond donors (Lipinski definition) is 3. The molecule has 2 heterocycles. The van der Waals surface area contributed by atoms with Crippen LogP contribution in [0.2, 0.25) is 0 Å². The Morgan fingerprint density at radius 2 is 2.08 bits per heavy atom. The number of para-hydroxylation sites is 1. The van der Waals surface area contributed by atoms with Gasteiger partial charge in [0.1, 0.15) is 10.8 Å². The summed E-state index contributed by atoms with van der Waals surface area (Å²) in [5.74, 6) is 0.953. The molecule has 3 N–H and O–H groups in total. The van der Waals surface area contributed by atoms with Gasteiger partial charge in [-0.05, 0) is 29.8 Å². The number of nitrogens with one attached hydrogen (secondary N) is 3. The lowest BCUT2D eigenvalue weighted by atomic mass is 9.97. The number of hydrogen-bond acceptors (Lipinski definition) is 6. The summed E-state index contributed by atoms with van der Waals surface area (Å²) in [4.78, 5) is 17.1. The zero-order valence-electron chi connectivity index (χ0n) is 14.4. The summed E-state index contributed by atoms with van der Waals surface area (Å²) in [5, 5.41) is 3.84. The van der Waals surface area contributed by atoms with Crippen LogP contribution in [0.3, 0.4) is 0 Å². The monoisotopic (exact) mass is 368 g/mol. The second-order valence-electron chi connectivity index (χ2n) is 6.17. The fraction of sp³-hybridized carbons (Fsp3) is 0.263. The highest BCUT2D eigenvalue weighted by Crippen LogP contribution is 2.28. The zero-order valence-corrected chi connectivity index (χ0v) is 15.2. The molecule has 0 bridgehead atoms. The highest BCUT2D eigenvalue weighted by molar-refractivity contribution is 7.18. The minimum atomic E-state index is -0.128. The fourth-order valence-electron chi connectivity index (χ4n) is 3.13. The van der Waals surface area contributed by atoms with E-state index in [4.69, 9.17) is 4.74 Å². The average Bonchev–Trinajstić information content (AvgIpc) is 3.34. The van der Waals surface area contributed by atoms with Gasteiger partial charge in [0.2, 0.25) is 0 Å². The van der Waals surface area contributed by atoms with E-state index in [0.29, 0.717) is 18.0 Å². The molecule has 0 aliphatic carbocycles. The van der Waals surface area contributed by atoms with Crippen LogP contribution in [0.5, 0.6) is 5.75 Å². The van der Waals surface area contributed by atoms with E-state index in [0.717, 1.165) is 39.6 Å². The molecule has 7 heteroatoms.